The number of benzene rings is 1. The van der Waals surface area contributed by atoms with Gasteiger partial charge in [0.05, 0.1) is 0 Å². The number of hydrogen-bond donors (Lipinski definition) is 2. The fraction of sp³-hybridized carbons (Fsp3) is 0.0714. The van der Waals surface area contributed by atoms with E-state index in [4.69, 9.17) is 5.11 Å². The average Bonchev–Trinajstić information content (AvgIpc) is 2.87. The Balaban J connectivity index is 0.000000149. The van der Waals surface area contributed by atoms with E-state index in [-0.39, 0.29) is 0 Å². The second-order valence-electron chi connectivity index (χ2n) is 3.69. The molecule has 0 spiro atoms. The van der Waals surface area contributed by atoms with Gasteiger partial charge in [-0.3, -0.25) is 0 Å². The number of imidazole rings is 1. The molecule has 2 heterocycles. The van der Waals surface area contributed by atoms with Crippen molar-refractivity contribution in [2.45, 2.75) is 0 Å². The molecule has 92 valence electrons. The van der Waals surface area contributed by atoms with Gasteiger partial charge in [-0.15, -0.1) is 0 Å². The molecule has 0 atom stereocenters. The minimum Gasteiger partial charge on any atom is -0.508 e. The van der Waals surface area contributed by atoms with Crippen molar-refractivity contribution in [3.8, 4) is 5.75 Å². The Labute approximate surface area is 106 Å². The Morgan fingerprint density at radius 3 is 2.50 bits per heavy atom. The molecule has 0 fully saturated rings. The maximum Gasteiger partial charge on any atom is 0.138 e. The highest BCUT2D eigenvalue weighted by Crippen LogP contribution is 2.08. The lowest BCUT2D eigenvalue weighted by Gasteiger charge is -1.98. The quantitative estimate of drug-likeness (QED) is 0.688. The van der Waals surface area contributed by atoms with Crippen molar-refractivity contribution in [1.82, 2.24) is 9.38 Å². The Kier molecular flexibility index (Phi) is 3.81. The summed E-state index contributed by atoms with van der Waals surface area (Å²) in [5.74, 6) is 0.322. The van der Waals surface area contributed by atoms with Gasteiger partial charge in [0.1, 0.15) is 11.4 Å². The van der Waals surface area contributed by atoms with E-state index < -0.39 is 0 Å². The fourth-order valence-electron chi connectivity index (χ4n) is 1.49. The van der Waals surface area contributed by atoms with Crippen LogP contribution < -0.4 is 5.32 Å². The van der Waals surface area contributed by atoms with Crippen LogP contribution in [0.5, 0.6) is 5.75 Å². The molecule has 0 aliphatic rings. The zero-order chi connectivity index (χ0) is 12.8. The van der Waals surface area contributed by atoms with Crippen LogP contribution in [0.4, 0.5) is 5.69 Å². The summed E-state index contributed by atoms with van der Waals surface area (Å²) in [6.45, 7) is 0. The SMILES string of the molecule is CNc1ccn2ccnc2c1.Oc1ccccc1. The standard InChI is InChI=1S/C8H9N3.C6H6O/c1-9-7-2-4-11-5-3-10-8(11)6-7;7-6-4-2-1-3-5-6/h2-6,9H,1H3;1-5,7H. The summed E-state index contributed by atoms with van der Waals surface area (Å²) in [7, 11) is 1.90. The largest absolute Gasteiger partial charge is 0.508 e. The summed E-state index contributed by atoms with van der Waals surface area (Å²) in [5, 5.41) is 11.7. The lowest BCUT2D eigenvalue weighted by atomic mass is 10.3. The van der Waals surface area contributed by atoms with E-state index in [1.54, 1.807) is 30.5 Å². The number of phenolic OH excluding ortho intramolecular Hbond substituents is 1. The first-order chi connectivity index (χ1) is 8.79. The molecular formula is C14H15N3O. The van der Waals surface area contributed by atoms with E-state index in [0.29, 0.717) is 5.75 Å². The zero-order valence-electron chi connectivity index (χ0n) is 10.1. The number of para-hydroxylation sites is 1. The molecule has 0 radical (unpaired) electrons. The van der Waals surface area contributed by atoms with Gasteiger partial charge in [0.2, 0.25) is 0 Å². The number of fused-ring (bicyclic) bond motifs is 1. The first-order valence-corrected chi connectivity index (χ1v) is 5.64. The van der Waals surface area contributed by atoms with Crippen LogP contribution in [-0.2, 0) is 0 Å². The predicted octanol–water partition coefficient (Wildman–Crippen LogP) is 2.77. The highest BCUT2D eigenvalue weighted by molar-refractivity contribution is 5.53. The molecule has 2 N–H and O–H groups in total. The number of phenols is 1. The Bertz CT molecular complexity index is 605. The first kappa shape index (κ1) is 12.0. The molecule has 0 saturated carbocycles. The van der Waals surface area contributed by atoms with Crippen molar-refractivity contribution in [3.05, 3.63) is 61.1 Å². The number of aromatic hydroxyl groups is 1. The monoisotopic (exact) mass is 241 g/mol. The van der Waals surface area contributed by atoms with Crippen molar-refractivity contribution in [2.24, 2.45) is 0 Å². The number of pyridine rings is 1. The molecule has 0 bridgehead atoms. The van der Waals surface area contributed by atoms with Gasteiger partial charge in [0.25, 0.3) is 0 Å². The van der Waals surface area contributed by atoms with Crippen LogP contribution in [0, 0.1) is 0 Å². The van der Waals surface area contributed by atoms with Crippen LogP contribution >= 0.6 is 0 Å². The van der Waals surface area contributed by atoms with Crippen LogP contribution in [0.3, 0.4) is 0 Å². The second-order valence-corrected chi connectivity index (χ2v) is 3.69. The zero-order valence-corrected chi connectivity index (χ0v) is 10.1. The minimum atomic E-state index is 0.322. The molecule has 2 aromatic heterocycles. The van der Waals surface area contributed by atoms with Gasteiger partial charge in [-0.05, 0) is 18.2 Å². The average molecular weight is 241 g/mol. The van der Waals surface area contributed by atoms with E-state index in [1.807, 2.05) is 42.0 Å². The van der Waals surface area contributed by atoms with Crippen molar-refractivity contribution in [1.29, 1.82) is 0 Å². The lowest BCUT2D eigenvalue weighted by molar-refractivity contribution is 0.475. The summed E-state index contributed by atoms with van der Waals surface area (Å²) < 4.78 is 1.97. The third-order valence-corrected chi connectivity index (χ3v) is 2.44. The van der Waals surface area contributed by atoms with Gasteiger partial charge < -0.3 is 14.8 Å². The number of nitrogens with zero attached hydrogens (tertiary/aromatic N) is 2. The van der Waals surface area contributed by atoms with Crippen molar-refractivity contribution < 1.29 is 5.11 Å². The van der Waals surface area contributed by atoms with Gasteiger partial charge in [-0.1, -0.05) is 18.2 Å². The van der Waals surface area contributed by atoms with E-state index in [1.165, 1.54) is 0 Å². The summed E-state index contributed by atoms with van der Waals surface area (Å²) in [4.78, 5) is 4.15. The van der Waals surface area contributed by atoms with Crippen LogP contribution in [0.1, 0.15) is 0 Å². The smallest absolute Gasteiger partial charge is 0.138 e. The molecule has 0 unspecified atom stereocenters. The van der Waals surface area contributed by atoms with Crippen LogP contribution in [-0.4, -0.2) is 21.5 Å². The fourth-order valence-corrected chi connectivity index (χ4v) is 1.49. The van der Waals surface area contributed by atoms with E-state index >= 15 is 0 Å². The van der Waals surface area contributed by atoms with Crippen LogP contribution in [0.15, 0.2) is 61.1 Å². The molecule has 0 amide bonds. The van der Waals surface area contributed by atoms with Crippen molar-refractivity contribution in [2.75, 3.05) is 12.4 Å². The van der Waals surface area contributed by atoms with Gasteiger partial charge >= 0.3 is 0 Å². The number of anilines is 1. The predicted molar refractivity (Wildman–Crippen MR) is 72.8 cm³/mol. The molecule has 4 heteroatoms. The lowest BCUT2D eigenvalue weighted by Crippen LogP contribution is -1.89. The molecule has 3 aromatic rings. The summed E-state index contributed by atoms with van der Waals surface area (Å²) in [6.07, 6.45) is 5.69. The minimum absolute atomic E-state index is 0.322. The molecule has 4 nitrogen and oxygen atoms in total. The third-order valence-electron chi connectivity index (χ3n) is 2.44. The number of rotatable bonds is 1. The molecular weight excluding hydrogens is 226 g/mol. The van der Waals surface area contributed by atoms with Gasteiger partial charge in [0, 0.05) is 37.4 Å². The number of hydrogen-bond acceptors (Lipinski definition) is 3. The molecule has 18 heavy (non-hydrogen) atoms. The molecule has 3 rings (SSSR count). The molecule has 1 aromatic carbocycles. The van der Waals surface area contributed by atoms with Crippen LogP contribution in [0.2, 0.25) is 0 Å². The molecule has 0 aliphatic carbocycles. The summed E-state index contributed by atoms with van der Waals surface area (Å²) in [5.41, 5.74) is 2.06. The normalized spacial score (nSPS) is 9.61. The topological polar surface area (TPSA) is 49.6 Å². The highest BCUT2D eigenvalue weighted by atomic mass is 16.3. The van der Waals surface area contributed by atoms with Gasteiger partial charge in [-0.2, -0.15) is 0 Å². The van der Waals surface area contributed by atoms with E-state index in [2.05, 4.69) is 10.3 Å². The summed E-state index contributed by atoms with van der Waals surface area (Å²) in [6, 6.07) is 12.7. The Hall–Kier alpha value is -2.49. The van der Waals surface area contributed by atoms with E-state index in [0.717, 1.165) is 11.3 Å². The van der Waals surface area contributed by atoms with Gasteiger partial charge in [0.15, 0.2) is 0 Å². The third kappa shape index (κ3) is 3.01. The number of aromatic nitrogens is 2. The second kappa shape index (κ2) is 5.72. The van der Waals surface area contributed by atoms with Crippen LogP contribution in [0.25, 0.3) is 5.65 Å². The van der Waals surface area contributed by atoms with Crippen molar-refractivity contribution >= 4 is 11.3 Å². The maximum atomic E-state index is 8.63. The Morgan fingerprint density at radius 2 is 1.89 bits per heavy atom. The van der Waals surface area contributed by atoms with E-state index in [9.17, 15) is 0 Å². The molecule has 0 aliphatic heterocycles. The maximum absolute atomic E-state index is 8.63. The van der Waals surface area contributed by atoms with Gasteiger partial charge in [-0.25, -0.2) is 4.98 Å². The first-order valence-electron chi connectivity index (χ1n) is 5.64. The number of nitrogens with one attached hydrogen (secondary N) is 1. The Morgan fingerprint density at radius 1 is 1.11 bits per heavy atom. The summed E-state index contributed by atoms with van der Waals surface area (Å²) >= 11 is 0. The molecule has 0 saturated heterocycles. The highest BCUT2D eigenvalue weighted by Gasteiger charge is 1.92. The van der Waals surface area contributed by atoms with Crippen molar-refractivity contribution in [3.63, 3.8) is 0 Å².